The second-order valence-electron chi connectivity index (χ2n) is 6.26. The van der Waals surface area contributed by atoms with Crippen LogP contribution in [-0.4, -0.2) is 28.7 Å². The van der Waals surface area contributed by atoms with Crippen LogP contribution >= 0.6 is 11.8 Å². The Balaban J connectivity index is 1.85. The summed E-state index contributed by atoms with van der Waals surface area (Å²) in [5.74, 6) is -1.15. The largest absolute Gasteiger partial charge is 0.452 e. The van der Waals surface area contributed by atoms with Gasteiger partial charge in [0.2, 0.25) is 5.56 Å². The van der Waals surface area contributed by atoms with E-state index in [9.17, 15) is 19.6 Å². The summed E-state index contributed by atoms with van der Waals surface area (Å²) in [6.07, 6.45) is -0.953. The molecule has 1 amide bonds. The van der Waals surface area contributed by atoms with Gasteiger partial charge in [0, 0.05) is 12.6 Å². The van der Waals surface area contributed by atoms with E-state index in [-0.39, 0.29) is 11.3 Å². The predicted octanol–water partition coefficient (Wildman–Crippen LogP) is 2.20. The van der Waals surface area contributed by atoms with Crippen molar-refractivity contribution in [2.45, 2.75) is 38.4 Å². The van der Waals surface area contributed by atoms with E-state index in [0.717, 1.165) is 22.9 Å². The maximum absolute atomic E-state index is 12.1. The number of H-pyrrole nitrogens is 1. The highest BCUT2D eigenvalue weighted by atomic mass is 32.2. The van der Waals surface area contributed by atoms with Crippen LogP contribution in [0.1, 0.15) is 29.2 Å². The van der Waals surface area contributed by atoms with Gasteiger partial charge in [-0.25, -0.2) is 0 Å². The number of nitrogens with zero attached hydrogens (tertiary/aromatic N) is 1. The van der Waals surface area contributed by atoms with Gasteiger partial charge >= 0.3 is 5.97 Å². The van der Waals surface area contributed by atoms with Crippen molar-refractivity contribution in [3.8, 4) is 6.07 Å². The van der Waals surface area contributed by atoms with E-state index < -0.39 is 18.0 Å². The molecule has 2 aromatic rings. The quantitative estimate of drug-likeness (QED) is 0.545. The number of aryl methyl sites for hydroxylation is 2. The van der Waals surface area contributed by atoms with Crippen LogP contribution < -0.4 is 10.9 Å². The summed E-state index contributed by atoms with van der Waals surface area (Å²) in [5, 5.41) is 12.2. The molecule has 1 aromatic heterocycles. The number of esters is 1. The number of carbonyl (C=O) groups is 2. The lowest BCUT2D eigenvalue weighted by molar-refractivity contribution is -0.152. The zero-order valence-electron chi connectivity index (χ0n) is 15.9. The first-order valence-electron chi connectivity index (χ1n) is 8.59. The van der Waals surface area contributed by atoms with Crippen LogP contribution in [0.4, 0.5) is 0 Å². The molecule has 28 heavy (non-hydrogen) atoms. The molecule has 0 saturated heterocycles. The summed E-state index contributed by atoms with van der Waals surface area (Å²) in [7, 11) is 0. The van der Waals surface area contributed by atoms with Crippen LogP contribution in [0.25, 0.3) is 0 Å². The van der Waals surface area contributed by atoms with Crippen LogP contribution in [0.2, 0.25) is 0 Å². The van der Waals surface area contributed by atoms with E-state index in [4.69, 9.17) is 4.74 Å². The standard InChI is InChI=1S/C20H21N3O4S/c1-12-4-6-15(7-5-12)10-22-19(26)14(3)27-18(25)11-28-20-16(9-21)13(2)8-17(24)23-20/h4-8,14H,10-11H2,1-3H3,(H,22,26)(H,23,24)/t14-/m0/s1. The van der Waals surface area contributed by atoms with Gasteiger partial charge in [0.15, 0.2) is 6.10 Å². The second-order valence-corrected chi connectivity index (χ2v) is 7.24. The molecule has 0 aliphatic heterocycles. The molecule has 0 fully saturated rings. The molecule has 0 saturated carbocycles. The zero-order chi connectivity index (χ0) is 20.7. The molecule has 0 bridgehead atoms. The fraction of sp³-hybridized carbons (Fsp3) is 0.300. The first-order valence-corrected chi connectivity index (χ1v) is 9.58. The third-order valence-corrected chi connectivity index (χ3v) is 4.89. The summed E-state index contributed by atoms with van der Waals surface area (Å²) < 4.78 is 5.13. The fourth-order valence-electron chi connectivity index (χ4n) is 2.36. The monoisotopic (exact) mass is 399 g/mol. The van der Waals surface area contributed by atoms with Crippen molar-refractivity contribution in [3.63, 3.8) is 0 Å². The fourth-order valence-corrected chi connectivity index (χ4v) is 3.21. The highest BCUT2D eigenvalue weighted by Crippen LogP contribution is 2.21. The lowest BCUT2D eigenvalue weighted by Gasteiger charge is -2.14. The number of pyridine rings is 1. The second kappa shape index (κ2) is 9.76. The SMILES string of the molecule is Cc1ccc(CNC(=O)[C@H](C)OC(=O)CSc2[nH]c(=O)cc(C)c2C#N)cc1. The Morgan fingerprint density at radius 2 is 1.96 bits per heavy atom. The molecular weight excluding hydrogens is 378 g/mol. The smallest absolute Gasteiger partial charge is 0.317 e. The topological polar surface area (TPSA) is 112 Å². The van der Waals surface area contributed by atoms with Crippen molar-refractivity contribution in [3.05, 3.63) is 62.9 Å². The van der Waals surface area contributed by atoms with Crippen molar-refractivity contribution < 1.29 is 14.3 Å². The Morgan fingerprint density at radius 1 is 1.29 bits per heavy atom. The summed E-state index contributed by atoms with van der Waals surface area (Å²) >= 11 is 0.989. The zero-order valence-corrected chi connectivity index (χ0v) is 16.7. The van der Waals surface area contributed by atoms with Gasteiger partial charge in [-0.1, -0.05) is 41.6 Å². The van der Waals surface area contributed by atoms with Crippen molar-refractivity contribution in [1.29, 1.82) is 5.26 Å². The minimum atomic E-state index is -0.953. The predicted molar refractivity (Wildman–Crippen MR) is 106 cm³/mol. The summed E-state index contributed by atoms with van der Waals surface area (Å²) in [6, 6.07) is 11.1. The molecular formula is C20H21N3O4S. The van der Waals surface area contributed by atoms with Crippen molar-refractivity contribution in [1.82, 2.24) is 10.3 Å². The van der Waals surface area contributed by atoms with Gasteiger partial charge in [-0.2, -0.15) is 5.26 Å². The molecule has 0 aliphatic carbocycles. The normalized spacial score (nSPS) is 11.4. The maximum atomic E-state index is 12.1. The molecule has 2 N–H and O–H groups in total. The Bertz CT molecular complexity index is 961. The number of nitrogens with one attached hydrogen (secondary N) is 2. The number of amides is 1. The Hall–Kier alpha value is -3.05. The lowest BCUT2D eigenvalue weighted by Crippen LogP contribution is -2.35. The number of hydrogen-bond donors (Lipinski definition) is 2. The summed E-state index contributed by atoms with van der Waals surface area (Å²) in [6.45, 7) is 5.46. The van der Waals surface area contributed by atoms with Gasteiger partial charge < -0.3 is 15.0 Å². The van der Waals surface area contributed by atoms with Crippen LogP contribution in [0.5, 0.6) is 0 Å². The van der Waals surface area contributed by atoms with E-state index in [1.807, 2.05) is 37.3 Å². The highest BCUT2D eigenvalue weighted by Gasteiger charge is 2.18. The molecule has 0 aliphatic rings. The van der Waals surface area contributed by atoms with E-state index in [1.165, 1.54) is 13.0 Å². The third kappa shape index (κ3) is 5.99. The van der Waals surface area contributed by atoms with Gasteiger partial charge in [0.05, 0.1) is 16.3 Å². The Morgan fingerprint density at radius 3 is 2.61 bits per heavy atom. The molecule has 8 heteroatoms. The number of aromatic amines is 1. The minimum Gasteiger partial charge on any atom is -0.452 e. The molecule has 0 spiro atoms. The molecule has 0 radical (unpaired) electrons. The van der Waals surface area contributed by atoms with Gasteiger partial charge in [-0.05, 0) is 31.9 Å². The number of carbonyl (C=O) groups excluding carboxylic acids is 2. The highest BCUT2D eigenvalue weighted by molar-refractivity contribution is 7.99. The summed E-state index contributed by atoms with van der Waals surface area (Å²) in [4.78, 5) is 38.2. The molecule has 1 heterocycles. The number of aromatic nitrogens is 1. The molecule has 146 valence electrons. The summed E-state index contributed by atoms with van der Waals surface area (Å²) in [5.41, 5.74) is 2.56. The average Bonchev–Trinajstić information content (AvgIpc) is 2.65. The van der Waals surface area contributed by atoms with Gasteiger partial charge in [-0.3, -0.25) is 14.4 Å². The average molecular weight is 399 g/mol. The van der Waals surface area contributed by atoms with Crippen molar-refractivity contribution in [2.24, 2.45) is 0 Å². The maximum Gasteiger partial charge on any atom is 0.317 e. The molecule has 1 atom stereocenters. The van der Waals surface area contributed by atoms with E-state index in [1.54, 1.807) is 6.92 Å². The first kappa shape index (κ1) is 21.3. The molecule has 0 unspecified atom stereocenters. The third-order valence-electron chi connectivity index (χ3n) is 3.92. The van der Waals surface area contributed by atoms with E-state index >= 15 is 0 Å². The van der Waals surface area contributed by atoms with Crippen LogP contribution in [0.3, 0.4) is 0 Å². The Kier molecular flexibility index (Phi) is 7.41. The van der Waals surface area contributed by atoms with E-state index in [2.05, 4.69) is 10.3 Å². The number of rotatable bonds is 7. The van der Waals surface area contributed by atoms with Gasteiger partial charge in [0.25, 0.3) is 5.91 Å². The molecule has 7 nitrogen and oxygen atoms in total. The number of hydrogen-bond acceptors (Lipinski definition) is 6. The van der Waals surface area contributed by atoms with Crippen LogP contribution in [-0.2, 0) is 20.9 Å². The van der Waals surface area contributed by atoms with Gasteiger partial charge in [0.1, 0.15) is 6.07 Å². The molecule has 1 aromatic carbocycles. The van der Waals surface area contributed by atoms with Crippen LogP contribution in [0, 0.1) is 25.2 Å². The number of benzene rings is 1. The number of nitriles is 1. The lowest BCUT2D eigenvalue weighted by atomic mass is 10.1. The Labute approximate surface area is 167 Å². The van der Waals surface area contributed by atoms with Crippen molar-refractivity contribution >= 4 is 23.6 Å². The van der Waals surface area contributed by atoms with Gasteiger partial charge in [-0.15, -0.1) is 0 Å². The number of ether oxygens (including phenoxy) is 1. The van der Waals surface area contributed by atoms with Crippen molar-refractivity contribution in [2.75, 3.05) is 5.75 Å². The van der Waals surface area contributed by atoms with Crippen LogP contribution in [0.15, 0.2) is 40.2 Å². The number of thioether (sulfide) groups is 1. The minimum absolute atomic E-state index is 0.135. The molecule has 2 rings (SSSR count). The van der Waals surface area contributed by atoms with E-state index in [0.29, 0.717) is 22.7 Å². The first-order chi connectivity index (χ1) is 13.3.